The summed E-state index contributed by atoms with van der Waals surface area (Å²) >= 11 is 0. The molecule has 0 aromatic carbocycles. The highest BCUT2D eigenvalue weighted by molar-refractivity contribution is 5.76. The topological polar surface area (TPSA) is 83.6 Å². The summed E-state index contributed by atoms with van der Waals surface area (Å²) in [4.78, 5) is 22.6. The summed E-state index contributed by atoms with van der Waals surface area (Å²) in [6.07, 6.45) is 0. The SMILES string of the molecule is CC1CN(C(N)=O)CC1C(=O)O. The quantitative estimate of drug-likeness (QED) is 0.570. The zero-order valence-electron chi connectivity index (χ0n) is 6.86. The first kappa shape index (κ1) is 8.83. The van der Waals surface area contributed by atoms with Crippen molar-refractivity contribution < 1.29 is 14.7 Å². The number of urea groups is 1. The Labute approximate surface area is 70.1 Å². The number of primary amides is 1. The Balaban J connectivity index is 2.62. The highest BCUT2D eigenvalue weighted by atomic mass is 16.4. The Bertz CT molecular complexity index is 217. The molecule has 68 valence electrons. The molecule has 1 rings (SSSR count). The van der Waals surface area contributed by atoms with E-state index < -0.39 is 17.9 Å². The summed E-state index contributed by atoms with van der Waals surface area (Å²) in [6.45, 7) is 2.50. The third-order valence-electron chi connectivity index (χ3n) is 2.24. The lowest BCUT2D eigenvalue weighted by atomic mass is 9.99. The zero-order chi connectivity index (χ0) is 9.30. The maximum atomic E-state index is 10.7. The second-order valence-corrected chi connectivity index (χ2v) is 3.17. The average Bonchev–Trinajstić information content (AvgIpc) is 2.30. The van der Waals surface area contributed by atoms with Gasteiger partial charge in [0, 0.05) is 13.1 Å². The molecule has 1 saturated heterocycles. The summed E-state index contributed by atoms with van der Waals surface area (Å²) < 4.78 is 0. The van der Waals surface area contributed by atoms with Crippen molar-refractivity contribution in [3.8, 4) is 0 Å². The van der Waals surface area contributed by atoms with Gasteiger partial charge in [-0.25, -0.2) is 4.79 Å². The van der Waals surface area contributed by atoms with Gasteiger partial charge in [-0.05, 0) is 5.92 Å². The van der Waals surface area contributed by atoms with Gasteiger partial charge in [0.15, 0.2) is 0 Å². The Morgan fingerprint density at radius 2 is 2.08 bits per heavy atom. The van der Waals surface area contributed by atoms with Gasteiger partial charge in [-0.15, -0.1) is 0 Å². The van der Waals surface area contributed by atoms with Crippen molar-refractivity contribution in [3.05, 3.63) is 0 Å². The summed E-state index contributed by atoms with van der Waals surface area (Å²) in [6, 6.07) is -0.536. The number of carbonyl (C=O) groups is 2. The van der Waals surface area contributed by atoms with E-state index in [2.05, 4.69) is 0 Å². The molecule has 1 aliphatic rings. The van der Waals surface area contributed by atoms with E-state index in [0.717, 1.165) is 0 Å². The van der Waals surface area contributed by atoms with Crippen molar-refractivity contribution >= 4 is 12.0 Å². The third kappa shape index (κ3) is 1.49. The van der Waals surface area contributed by atoms with Gasteiger partial charge in [0.1, 0.15) is 0 Å². The Morgan fingerprint density at radius 3 is 2.33 bits per heavy atom. The van der Waals surface area contributed by atoms with Gasteiger partial charge in [0.25, 0.3) is 0 Å². The number of nitrogens with two attached hydrogens (primary N) is 1. The molecule has 2 amide bonds. The van der Waals surface area contributed by atoms with E-state index in [0.29, 0.717) is 6.54 Å². The molecule has 0 saturated carbocycles. The lowest BCUT2D eigenvalue weighted by Gasteiger charge is -2.10. The number of carbonyl (C=O) groups excluding carboxylic acids is 1. The van der Waals surface area contributed by atoms with Crippen LogP contribution in [0, 0.1) is 11.8 Å². The molecule has 3 N–H and O–H groups in total. The molecular formula is C7H12N2O3. The number of likely N-dealkylation sites (tertiary alicyclic amines) is 1. The molecule has 1 heterocycles. The molecule has 12 heavy (non-hydrogen) atoms. The summed E-state index contributed by atoms with van der Waals surface area (Å²) in [7, 11) is 0. The van der Waals surface area contributed by atoms with Gasteiger partial charge in [0.05, 0.1) is 5.92 Å². The second kappa shape index (κ2) is 3.00. The minimum atomic E-state index is -0.855. The molecule has 1 fully saturated rings. The van der Waals surface area contributed by atoms with Crippen LogP contribution in [0.4, 0.5) is 4.79 Å². The second-order valence-electron chi connectivity index (χ2n) is 3.17. The van der Waals surface area contributed by atoms with Crippen molar-refractivity contribution in [1.29, 1.82) is 0 Å². The first-order valence-corrected chi connectivity index (χ1v) is 3.79. The van der Waals surface area contributed by atoms with Crippen LogP contribution in [0.25, 0.3) is 0 Å². The predicted molar refractivity (Wildman–Crippen MR) is 41.4 cm³/mol. The monoisotopic (exact) mass is 172 g/mol. The largest absolute Gasteiger partial charge is 0.481 e. The molecule has 1 aliphatic heterocycles. The van der Waals surface area contributed by atoms with Gasteiger partial charge in [-0.3, -0.25) is 4.79 Å². The van der Waals surface area contributed by atoms with Crippen LogP contribution in [-0.4, -0.2) is 35.1 Å². The smallest absolute Gasteiger partial charge is 0.314 e. The zero-order valence-corrected chi connectivity index (χ0v) is 6.86. The number of nitrogens with zero attached hydrogens (tertiary/aromatic N) is 1. The highest BCUT2D eigenvalue weighted by Gasteiger charge is 2.35. The standard InChI is InChI=1S/C7H12N2O3/c1-4-2-9(7(8)12)3-5(4)6(10)11/h4-5H,2-3H2,1H3,(H2,8,12)(H,10,11). The Kier molecular flexibility index (Phi) is 2.21. The average molecular weight is 172 g/mol. The van der Waals surface area contributed by atoms with Crippen molar-refractivity contribution in [2.45, 2.75) is 6.92 Å². The number of carboxylic acids is 1. The molecule has 0 aromatic heterocycles. The lowest BCUT2D eigenvalue weighted by Crippen LogP contribution is -2.34. The van der Waals surface area contributed by atoms with Crippen molar-refractivity contribution in [2.24, 2.45) is 17.6 Å². The first-order chi connectivity index (χ1) is 5.52. The minimum absolute atomic E-state index is 0.00463. The number of hydrogen-bond donors (Lipinski definition) is 2. The van der Waals surface area contributed by atoms with Gasteiger partial charge in [0.2, 0.25) is 0 Å². The fourth-order valence-corrected chi connectivity index (χ4v) is 1.47. The van der Waals surface area contributed by atoms with Crippen LogP contribution in [0.3, 0.4) is 0 Å². The predicted octanol–water partition coefficient (Wildman–Crippen LogP) is -0.282. The van der Waals surface area contributed by atoms with E-state index in [1.807, 2.05) is 6.92 Å². The van der Waals surface area contributed by atoms with E-state index in [4.69, 9.17) is 10.8 Å². The molecular weight excluding hydrogens is 160 g/mol. The van der Waals surface area contributed by atoms with E-state index in [1.165, 1.54) is 4.90 Å². The highest BCUT2D eigenvalue weighted by Crippen LogP contribution is 2.22. The van der Waals surface area contributed by atoms with Crippen LogP contribution in [0.2, 0.25) is 0 Å². The molecule has 0 spiro atoms. The van der Waals surface area contributed by atoms with Crippen molar-refractivity contribution in [2.75, 3.05) is 13.1 Å². The van der Waals surface area contributed by atoms with Crippen molar-refractivity contribution in [1.82, 2.24) is 4.90 Å². The Hall–Kier alpha value is -1.26. The first-order valence-electron chi connectivity index (χ1n) is 3.79. The van der Waals surface area contributed by atoms with E-state index >= 15 is 0 Å². The molecule has 0 aliphatic carbocycles. The normalized spacial score (nSPS) is 28.9. The third-order valence-corrected chi connectivity index (χ3v) is 2.24. The molecule has 5 nitrogen and oxygen atoms in total. The number of aliphatic carboxylic acids is 1. The molecule has 0 bridgehead atoms. The number of carboxylic acid groups (broad SMARTS) is 1. The van der Waals surface area contributed by atoms with Gasteiger partial charge >= 0.3 is 12.0 Å². The molecule has 2 atom stereocenters. The van der Waals surface area contributed by atoms with E-state index in [1.54, 1.807) is 0 Å². The van der Waals surface area contributed by atoms with Crippen LogP contribution in [0.15, 0.2) is 0 Å². The van der Waals surface area contributed by atoms with Crippen LogP contribution in [-0.2, 0) is 4.79 Å². The molecule has 5 heteroatoms. The number of hydrogen-bond acceptors (Lipinski definition) is 2. The Morgan fingerprint density at radius 1 is 1.50 bits per heavy atom. The summed E-state index contributed by atoms with van der Waals surface area (Å²) in [5.41, 5.74) is 5.02. The van der Waals surface area contributed by atoms with Crippen LogP contribution >= 0.6 is 0 Å². The molecule has 2 unspecified atom stereocenters. The van der Waals surface area contributed by atoms with Crippen LogP contribution in [0.1, 0.15) is 6.92 Å². The van der Waals surface area contributed by atoms with Crippen molar-refractivity contribution in [3.63, 3.8) is 0 Å². The lowest BCUT2D eigenvalue weighted by molar-refractivity contribution is -0.142. The maximum absolute atomic E-state index is 10.7. The molecule has 0 radical (unpaired) electrons. The van der Waals surface area contributed by atoms with E-state index in [9.17, 15) is 9.59 Å². The van der Waals surface area contributed by atoms with Gasteiger partial charge in [-0.2, -0.15) is 0 Å². The number of amides is 2. The number of rotatable bonds is 1. The molecule has 0 aromatic rings. The van der Waals surface area contributed by atoms with Gasteiger partial charge in [-0.1, -0.05) is 6.92 Å². The summed E-state index contributed by atoms with van der Waals surface area (Å²) in [5.74, 6) is -1.32. The fourth-order valence-electron chi connectivity index (χ4n) is 1.47. The maximum Gasteiger partial charge on any atom is 0.314 e. The fraction of sp³-hybridized carbons (Fsp3) is 0.714. The minimum Gasteiger partial charge on any atom is -0.481 e. The van der Waals surface area contributed by atoms with Gasteiger partial charge < -0.3 is 15.7 Å². The van der Waals surface area contributed by atoms with Crippen LogP contribution in [0.5, 0.6) is 0 Å². The van der Waals surface area contributed by atoms with E-state index in [-0.39, 0.29) is 12.5 Å². The van der Waals surface area contributed by atoms with Crippen LogP contribution < -0.4 is 5.73 Å². The summed E-state index contributed by atoms with van der Waals surface area (Å²) in [5, 5.41) is 8.70.